The van der Waals surface area contributed by atoms with Gasteiger partial charge in [-0.15, -0.1) is 0 Å². The van der Waals surface area contributed by atoms with Crippen molar-refractivity contribution < 1.29 is 9.29 Å². The average Bonchev–Trinajstić information content (AvgIpc) is 2.47. The van der Waals surface area contributed by atoms with Crippen LogP contribution in [0, 0.1) is 6.92 Å². The molecular weight excluding hydrogens is 294 g/mol. The molecule has 0 fully saturated rings. The van der Waals surface area contributed by atoms with E-state index >= 15 is 0 Å². The van der Waals surface area contributed by atoms with Gasteiger partial charge < -0.3 is 9.29 Å². The molecule has 0 saturated heterocycles. The summed E-state index contributed by atoms with van der Waals surface area (Å²) in [6.45, 7) is 7.70. The van der Waals surface area contributed by atoms with Gasteiger partial charge >= 0.3 is 0 Å². The third-order valence-electron chi connectivity index (χ3n) is 2.99. The molecule has 3 nitrogen and oxygen atoms in total. The lowest BCUT2D eigenvalue weighted by atomic mass is 10.1. The van der Waals surface area contributed by atoms with E-state index in [9.17, 15) is 4.55 Å². The molecule has 22 heavy (non-hydrogen) atoms. The fourth-order valence-electron chi connectivity index (χ4n) is 1.75. The Hall–Kier alpha value is -1.78. The molecule has 1 atom stereocenters. The van der Waals surface area contributed by atoms with Gasteiger partial charge in [-0.2, -0.15) is 0 Å². The predicted molar refractivity (Wildman–Crippen MR) is 93.2 cm³/mol. The highest BCUT2D eigenvalue weighted by Crippen LogP contribution is 2.25. The third kappa shape index (κ3) is 4.61. The Labute approximate surface area is 135 Å². The lowest BCUT2D eigenvalue weighted by Crippen LogP contribution is -2.25. The van der Waals surface area contributed by atoms with Gasteiger partial charge in [0.15, 0.2) is 0 Å². The number of nitrogens with zero attached hydrogens (tertiary/aromatic N) is 1. The van der Waals surface area contributed by atoms with E-state index < -0.39 is 11.4 Å². The molecule has 116 valence electrons. The van der Waals surface area contributed by atoms with E-state index in [-0.39, 0.29) is 4.75 Å². The van der Waals surface area contributed by atoms with E-state index in [2.05, 4.69) is 4.40 Å². The van der Waals surface area contributed by atoms with Crippen LogP contribution in [0.5, 0.6) is 11.5 Å². The lowest BCUT2D eigenvalue weighted by molar-refractivity contribution is 0.479. The molecule has 0 saturated carbocycles. The molecule has 0 N–H and O–H groups in total. The standard InChI is InChI=1S/C18H21NO2S/c1-14-12-15(13-19-22(20)18(2,3)4)10-11-17(14)21-16-8-6-5-7-9-16/h5-13H,1-4H3/t22-/m1/s1. The summed E-state index contributed by atoms with van der Waals surface area (Å²) in [7, 11) is 0. The minimum absolute atomic E-state index is 0.345. The van der Waals surface area contributed by atoms with Crippen molar-refractivity contribution in [3.8, 4) is 11.5 Å². The van der Waals surface area contributed by atoms with Crippen LogP contribution in [-0.4, -0.2) is 15.5 Å². The number of para-hydroxylation sites is 1. The van der Waals surface area contributed by atoms with E-state index in [1.165, 1.54) is 0 Å². The minimum atomic E-state index is -1.24. The van der Waals surface area contributed by atoms with Crippen molar-refractivity contribution in [1.29, 1.82) is 0 Å². The van der Waals surface area contributed by atoms with E-state index in [0.29, 0.717) is 0 Å². The second-order valence-electron chi connectivity index (χ2n) is 6.04. The van der Waals surface area contributed by atoms with Gasteiger partial charge in [-0.1, -0.05) is 22.6 Å². The van der Waals surface area contributed by atoms with Crippen LogP contribution in [0.3, 0.4) is 0 Å². The normalized spacial score (nSPS) is 13.3. The van der Waals surface area contributed by atoms with Crippen LogP contribution in [0.1, 0.15) is 31.9 Å². The molecule has 2 rings (SSSR count). The molecule has 2 aromatic carbocycles. The van der Waals surface area contributed by atoms with Crippen LogP contribution in [-0.2, 0) is 11.4 Å². The highest BCUT2D eigenvalue weighted by molar-refractivity contribution is 7.91. The maximum absolute atomic E-state index is 11.9. The quantitative estimate of drug-likeness (QED) is 0.608. The zero-order valence-electron chi connectivity index (χ0n) is 13.4. The summed E-state index contributed by atoms with van der Waals surface area (Å²) >= 11 is -1.24. The van der Waals surface area contributed by atoms with Crippen molar-refractivity contribution >= 4 is 17.6 Å². The molecule has 0 bridgehead atoms. The molecule has 0 spiro atoms. The van der Waals surface area contributed by atoms with E-state index in [0.717, 1.165) is 22.6 Å². The second-order valence-corrected chi connectivity index (χ2v) is 7.97. The summed E-state index contributed by atoms with van der Waals surface area (Å²) in [5, 5.41) is 0. The molecule has 0 radical (unpaired) electrons. The van der Waals surface area contributed by atoms with Gasteiger partial charge in [-0.3, -0.25) is 0 Å². The first-order valence-electron chi connectivity index (χ1n) is 7.16. The van der Waals surface area contributed by atoms with E-state index in [4.69, 9.17) is 4.74 Å². The Balaban J connectivity index is 2.11. The molecule has 0 heterocycles. The van der Waals surface area contributed by atoms with Crippen molar-refractivity contribution in [2.24, 2.45) is 4.40 Å². The Morgan fingerprint density at radius 3 is 2.36 bits per heavy atom. The van der Waals surface area contributed by atoms with E-state index in [1.807, 2.05) is 76.2 Å². The summed E-state index contributed by atoms with van der Waals surface area (Å²) in [6, 6.07) is 15.5. The SMILES string of the molecule is Cc1cc(C=N[S@+]([O-])C(C)(C)C)ccc1Oc1ccccc1. The Kier molecular flexibility index (Phi) is 5.27. The zero-order valence-corrected chi connectivity index (χ0v) is 14.2. The van der Waals surface area contributed by atoms with Crippen LogP contribution in [0.2, 0.25) is 0 Å². The van der Waals surface area contributed by atoms with Crippen molar-refractivity contribution in [1.82, 2.24) is 0 Å². The van der Waals surface area contributed by atoms with Gasteiger partial charge in [-0.05, 0) is 69.2 Å². The first-order valence-corrected chi connectivity index (χ1v) is 8.26. The van der Waals surface area contributed by atoms with Crippen molar-refractivity contribution in [2.75, 3.05) is 0 Å². The Morgan fingerprint density at radius 1 is 1.09 bits per heavy atom. The highest BCUT2D eigenvalue weighted by atomic mass is 32.2. The number of benzene rings is 2. The molecule has 0 unspecified atom stereocenters. The number of hydrogen-bond acceptors (Lipinski definition) is 3. The van der Waals surface area contributed by atoms with Gasteiger partial charge in [0.25, 0.3) is 0 Å². The molecule has 0 aliphatic heterocycles. The minimum Gasteiger partial charge on any atom is -0.591 e. The first-order chi connectivity index (χ1) is 10.4. The third-order valence-corrected chi connectivity index (χ3v) is 4.34. The van der Waals surface area contributed by atoms with Crippen molar-refractivity contribution in [3.63, 3.8) is 0 Å². The van der Waals surface area contributed by atoms with Gasteiger partial charge in [0.1, 0.15) is 27.6 Å². The average molecular weight is 315 g/mol. The molecule has 0 aromatic heterocycles. The summed E-state index contributed by atoms with van der Waals surface area (Å²) in [6.07, 6.45) is 1.65. The summed E-state index contributed by atoms with van der Waals surface area (Å²) in [5.41, 5.74) is 1.92. The van der Waals surface area contributed by atoms with Crippen LogP contribution >= 0.6 is 0 Å². The molecule has 4 heteroatoms. The monoisotopic (exact) mass is 315 g/mol. The second kappa shape index (κ2) is 6.99. The summed E-state index contributed by atoms with van der Waals surface area (Å²) in [5.74, 6) is 1.61. The Morgan fingerprint density at radius 2 is 1.77 bits per heavy atom. The molecular formula is C18H21NO2S. The fourth-order valence-corrected chi connectivity index (χ4v) is 2.28. The van der Waals surface area contributed by atoms with Gasteiger partial charge in [0.2, 0.25) is 0 Å². The maximum Gasteiger partial charge on any atom is 0.144 e. The van der Waals surface area contributed by atoms with Gasteiger partial charge in [0.05, 0.1) is 6.21 Å². The van der Waals surface area contributed by atoms with Crippen LogP contribution in [0.25, 0.3) is 0 Å². The van der Waals surface area contributed by atoms with Gasteiger partial charge in [0, 0.05) is 0 Å². The van der Waals surface area contributed by atoms with Crippen LogP contribution in [0.4, 0.5) is 0 Å². The van der Waals surface area contributed by atoms with Gasteiger partial charge in [-0.25, -0.2) is 0 Å². The smallest absolute Gasteiger partial charge is 0.144 e. The maximum atomic E-state index is 11.9. The summed E-state index contributed by atoms with van der Waals surface area (Å²) < 4.78 is 21.5. The Bertz CT molecular complexity index is 648. The number of hydrogen-bond donors (Lipinski definition) is 0. The van der Waals surface area contributed by atoms with Crippen molar-refractivity contribution in [3.05, 3.63) is 59.7 Å². The molecule has 0 amide bonds. The molecule has 2 aromatic rings. The molecule has 0 aliphatic rings. The number of ether oxygens (including phenoxy) is 1. The zero-order chi connectivity index (χ0) is 16.2. The number of rotatable bonds is 4. The summed E-state index contributed by atoms with van der Waals surface area (Å²) in [4.78, 5) is 0. The van der Waals surface area contributed by atoms with Crippen LogP contribution < -0.4 is 4.74 Å². The topological polar surface area (TPSA) is 44.7 Å². The fraction of sp³-hybridized carbons (Fsp3) is 0.278. The molecule has 0 aliphatic carbocycles. The van der Waals surface area contributed by atoms with Crippen molar-refractivity contribution in [2.45, 2.75) is 32.4 Å². The highest BCUT2D eigenvalue weighted by Gasteiger charge is 2.25. The predicted octanol–water partition coefficient (Wildman–Crippen LogP) is 4.67. The lowest BCUT2D eigenvalue weighted by Gasteiger charge is -2.17. The number of aryl methyl sites for hydroxylation is 1. The van der Waals surface area contributed by atoms with E-state index in [1.54, 1.807) is 6.21 Å². The van der Waals surface area contributed by atoms with Crippen LogP contribution in [0.15, 0.2) is 52.9 Å². The first kappa shape index (κ1) is 16.6. The largest absolute Gasteiger partial charge is 0.591 e.